The normalized spacial score (nSPS) is 20.7. The predicted molar refractivity (Wildman–Crippen MR) is 104 cm³/mol. The zero-order chi connectivity index (χ0) is 18.6. The summed E-state index contributed by atoms with van der Waals surface area (Å²) < 4.78 is 5.53. The van der Waals surface area contributed by atoms with Crippen molar-refractivity contribution in [1.29, 1.82) is 0 Å². The molecule has 3 rings (SSSR count). The maximum absolute atomic E-state index is 12.5. The van der Waals surface area contributed by atoms with Crippen LogP contribution >= 0.6 is 0 Å². The van der Waals surface area contributed by atoms with Gasteiger partial charge in [-0.3, -0.25) is 4.90 Å². The van der Waals surface area contributed by atoms with Gasteiger partial charge in [-0.1, -0.05) is 60.7 Å². The van der Waals surface area contributed by atoms with E-state index in [1.165, 1.54) is 5.56 Å². The summed E-state index contributed by atoms with van der Waals surface area (Å²) >= 11 is 0. The van der Waals surface area contributed by atoms with Crippen molar-refractivity contribution in [2.24, 2.45) is 0 Å². The Hall–Kier alpha value is -2.33. The zero-order valence-electron chi connectivity index (χ0n) is 15.9. The first kappa shape index (κ1) is 18.5. The van der Waals surface area contributed by atoms with E-state index in [1.807, 2.05) is 45.0 Å². The minimum atomic E-state index is -0.510. The van der Waals surface area contributed by atoms with Crippen molar-refractivity contribution in [1.82, 2.24) is 10.2 Å². The fourth-order valence-corrected chi connectivity index (χ4v) is 3.53. The van der Waals surface area contributed by atoms with Gasteiger partial charge < -0.3 is 10.1 Å². The number of likely N-dealkylation sites (tertiary alicyclic amines) is 1. The number of amides is 1. The molecule has 1 fully saturated rings. The van der Waals surface area contributed by atoms with Crippen molar-refractivity contribution < 1.29 is 9.53 Å². The first-order valence-electron chi connectivity index (χ1n) is 9.19. The molecule has 1 heterocycles. The topological polar surface area (TPSA) is 41.6 Å². The lowest BCUT2D eigenvalue weighted by atomic mass is 9.89. The van der Waals surface area contributed by atoms with E-state index in [0.717, 1.165) is 31.6 Å². The average Bonchev–Trinajstić information content (AvgIpc) is 2.98. The molecule has 0 aliphatic carbocycles. The smallest absolute Gasteiger partial charge is 0.408 e. The molecule has 0 saturated carbocycles. The molecular formula is C22H28N2O2. The third-order valence-electron chi connectivity index (χ3n) is 4.66. The summed E-state index contributed by atoms with van der Waals surface area (Å²) in [6.07, 6.45) is 0.506. The molecule has 1 aliphatic heterocycles. The first-order valence-corrected chi connectivity index (χ1v) is 9.19. The summed E-state index contributed by atoms with van der Waals surface area (Å²) in [4.78, 5) is 14.9. The van der Waals surface area contributed by atoms with Gasteiger partial charge >= 0.3 is 6.09 Å². The highest BCUT2D eigenvalue weighted by atomic mass is 16.6. The van der Waals surface area contributed by atoms with E-state index >= 15 is 0 Å². The molecule has 1 atom stereocenters. The van der Waals surface area contributed by atoms with E-state index in [2.05, 4.69) is 46.6 Å². The average molecular weight is 352 g/mol. The largest absolute Gasteiger partial charge is 0.444 e. The molecule has 26 heavy (non-hydrogen) atoms. The maximum atomic E-state index is 12.5. The molecule has 4 heteroatoms. The van der Waals surface area contributed by atoms with Crippen LogP contribution in [0, 0.1) is 0 Å². The van der Waals surface area contributed by atoms with E-state index in [0.29, 0.717) is 0 Å². The highest BCUT2D eigenvalue weighted by Crippen LogP contribution is 2.33. The Kier molecular flexibility index (Phi) is 5.33. The second-order valence-electron chi connectivity index (χ2n) is 8.02. The van der Waals surface area contributed by atoms with Gasteiger partial charge in [0.2, 0.25) is 0 Å². The standard InChI is InChI=1S/C22H28N2O2/c1-21(2,3)26-20(25)23-22(19-12-8-5-9-13-19)14-15-24(17-22)16-18-10-6-4-7-11-18/h4-13H,14-17H2,1-3H3,(H,23,25). The number of benzene rings is 2. The molecule has 4 nitrogen and oxygen atoms in total. The highest BCUT2D eigenvalue weighted by molar-refractivity contribution is 5.69. The molecule has 2 aromatic rings. The number of carbonyl (C=O) groups excluding carboxylic acids is 1. The van der Waals surface area contributed by atoms with E-state index in [1.54, 1.807) is 0 Å². The molecule has 138 valence electrons. The molecule has 1 saturated heterocycles. The molecule has 1 N–H and O–H groups in total. The third kappa shape index (κ3) is 4.64. The minimum absolute atomic E-state index is 0.358. The fraction of sp³-hybridized carbons (Fsp3) is 0.409. The number of hydrogen-bond donors (Lipinski definition) is 1. The Morgan fingerprint density at radius 2 is 1.69 bits per heavy atom. The molecule has 1 amide bonds. The van der Waals surface area contributed by atoms with Gasteiger partial charge in [-0.25, -0.2) is 4.79 Å². The van der Waals surface area contributed by atoms with Crippen LogP contribution in [-0.2, 0) is 16.8 Å². The van der Waals surface area contributed by atoms with Gasteiger partial charge in [-0.15, -0.1) is 0 Å². The van der Waals surface area contributed by atoms with Gasteiger partial charge in [0.15, 0.2) is 0 Å². The molecule has 0 bridgehead atoms. The Morgan fingerprint density at radius 1 is 1.08 bits per heavy atom. The lowest BCUT2D eigenvalue weighted by Gasteiger charge is -2.32. The monoisotopic (exact) mass is 352 g/mol. The summed E-state index contributed by atoms with van der Waals surface area (Å²) in [5, 5.41) is 3.18. The van der Waals surface area contributed by atoms with E-state index in [4.69, 9.17) is 4.74 Å². The van der Waals surface area contributed by atoms with Crippen LogP contribution in [0.4, 0.5) is 4.79 Å². The van der Waals surface area contributed by atoms with Crippen molar-refractivity contribution >= 4 is 6.09 Å². The van der Waals surface area contributed by atoms with Crippen molar-refractivity contribution in [2.75, 3.05) is 13.1 Å². The summed E-state index contributed by atoms with van der Waals surface area (Å²) in [5.74, 6) is 0. The van der Waals surface area contributed by atoms with E-state index in [-0.39, 0.29) is 6.09 Å². The number of carbonyl (C=O) groups is 1. The molecule has 1 unspecified atom stereocenters. The van der Waals surface area contributed by atoms with Gasteiger partial charge in [-0.05, 0) is 38.3 Å². The van der Waals surface area contributed by atoms with Gasteiger partial charge in [-0.2, -0.15) is 0 Å². The van der Waals surface area contributed by atoms with Crippen molar-refractivity contribution in [3.63, 3.8) is 0 Å². The summed E-state index contributed by atoms with van der Waals surface area (Å²) in [6.45, 7) is 8.24. The van der Waals surface area contributed by atoms with Gasteiger partial charge in [0.1, 0.15) is 5.60 Å². The van der Waals surface area contributed by atoms with Crippen LogP contribution in [0.1, 0.15) is 38.3 Å². The quantitative estimate of drug-likeness (QED) is 0.891. The number of hydrogen-bond acceptors (Lipinski definition) is 3. The number of rotatable bonds is 4. The Morgan fingerprint density at radius 3 is 2.31 bits per heavy atom. The molecular weight excluding hydrogens is 324 g/mol. The lowest BCUT2D eigenvalue weighted by molar-refractivity contribution is 0.0454. The van der Waals surface area contributed by atoms with Gasteiger partial charge in [0.05, 0.1) is 5.54 Å². The highest BCUT2D eigenvalue weighted by Gasteiger charge is 2.41. The Bertz CT molecular complexity index is 725. The summed E-state index contributed by atoms with van der Waals surface area (Å²) in [5.41, 5.74) is 1.48. The second-order valence-corrected chi connectivity index (χ2v) is 8.02. The summed E-state index contributed by atoms with van der Waals surface area (Å²) in [7, 11) is 0. The number of alkyl carbamates (subject to hydrolysis) is 1. The van der Waals surface area contributed by atoms with Gasteiger partial charge in [0.25, 0.3) is 0 Å². The second kappa shape index (κ2) is 7.50. The molecule has 2 aromatic carbocycles. The van der Waals surface area contributed by atoms with Crippen LogP contribution < -0.4 is 5.32 Å². The van der Waals surface area contributed by atoms with Crippen LogP contribution in [-0.4, -0.2) is 29.7 Å². The lowest BCUT2D eigenvalue weighted by Crippen LogP contribution is -2.49. The number of nitrogens with zero attached hydrogens (tertiary/aromatic N) is 1. The fourth-order valence-electron chi connectivity index (χ4n) is 3.53. The van der Waals surface area contributed by atoms with Crippen molar-refractivity contribution in [3.8, 4) is 0 Å². The van der Waals surface area contributed by atoms with Crippen molar-refractivity contribution in [3.05, 3.63) is 71.8 Å². The minimum Gasteiger partial charge on any atom is -0.444 e. The van der Waals surface area contributed by atoms with E-state index in [9.17, 15) is 4.79 Å². The Balaban J connectivity index is 1.78. The zero-order valence-corrected chi connectivity index (χ0v) is 15.9. The molecule has 0 spiro atoms. The molecule has 1 aliphatic rings. The van der Waals surface area contributed by atoms with Crippen LogP contribution in [0.2, 0.25) is 0 Å². The molecule has 0 aromatic heterocycles. The maximum Gasteiger partial charge on any atom is 0.408 e. The number of nitrogens with one attached hydrogen (secondary N) is 1. The van der Waals surface area contributed by atoms with Crippen LogP contribution in [0.3, 0.4) is 0 Å². The predicted octanol–water partition coefficient (Wildman–Crippen LogP) is 4.31. The first-order chi connectivity index (χ1) is 12.4. The SMILES string of the molecule is CC(C)(C)OC(=O)NC1(c2ccccc2)CCN(Cc2ccccc2)C1. The van der Waals surface area contributed by atoms with Crippen LogP contribution in [0.15, 0.2) is 60.7 Å². The van der Waals surface area contributed by atoms with Crippen molar-refractivity contribution in [2.45, 2.75) is 44.9 Å². The summed E-state index contributed by atoms with van der Waals surface area (Å²) in [6, 6.07) is 20.7. The van der Waals surface area contributed by atoms with E-state index < -0.39 is 11.1 Å². The van der Waals surface area contributed by atoms with Gasteiger partial charge in [0, 0.05) is 19.6 Å². The van der Waals surface area contributed by atoms with Crippen LogP contribution in [0.25, 0.3) is 0 Å². The van der Waals surface area contributed by atoms with Crippen LogP contribution in [0.5, 0.6) is 0 Å². The molecule has 0 radical (unpaired) electrons. The Labute approximate surface area is 156 Å². The third-order valence-corrected chi connectivity index (χ3v) is 4.66. The number of ether oxygens (including phenoxy) is 1.